The standard InChI is InChI=1S/C21H40O8/c1-4-9-24-11-13-26-15-17-28-20(22)8-6-7-19(3)21(23)29-18-16-27-14-12-25-10-5-2/h19H,4-18H2,1-3H3. The zero-order valence-electron chi connectivity index (χ0n) is 18.4. The summed E-state index contributed by atoms with van der Waals surface area (Å²) in [6.07, 6.45) is 3.39. The molecule has 0 aliphatic carbocycles. The van der Waals surface area contributed by atoms with Crippen LogP contribution in [0.25, 0.3) is 0 Å². The highest BCUT2D eigenvalue weighted by Gasteiger charge is 2.15. The van der Waals surface area contributed by atoms with Gasteiger partial charge in [-0.15, -0.1) is 0 Å². The minimum atomic E-state index is -0.282. The van der Waals surface area contributed by atoms with Crippen molar-refractivity contribution in [2.75, 3.05) is 66.1 Å². The summed E-state index contributed by atoms with van der Waals surface area (Å²) in [6, 6.07) is 0. The molecule has 0 fully saturated rings. The Hall–Kier alpha value is -1.22. The summed E-state index contributed by atoms with van der Waals surface area (Å²) >= 11 is 0. The number of carbonyl (C=O) groups excluding carboxylic acids is 2. The smallest absolute Gasteiger partial charge is 0.308 e. The SMILES string of the molecule is CCCOCCOCCOC(=O)CCCC(C)C(=O)OCCOCCOCCC. The van der Waals surface area contributed by atoms with E-state index in [2.05, 4.69) is 0 Å². The van der Waals surface area contributed by atoms with Gasteiger partial charge in [-0.3, -0.25) is 9.59 Å². The Labute approximate surface area is 175 Å². The predicted octanol–water partition coefficient (Wildman–Crippen LogP) is 2.77. The molecular weight excluding hydrogens is 380 g/mol. The van der Waals surface area contributed by atoms with E-state index in [0.717, 1.165) is 26.1 Å². The van der Waals surface area contributed by atoms with Gasteiger partial charge in [0.15, 0.2) is 0 Å². The minimum absolute atomic E-state index is 0.225. The largest absolute Gasteiger partial charge is 0.463 e. The van der Waals surface area contributed by atoms with Crippen molar-refractivity contribution in [3.05, 3.63) is 0 Å². The Morgan fingerprint density at radius 1 is 0.655 bits per heavy atom. The van der Waals surface area contributed by atoms with Crippen molar-refractivity contribution in [1.29, 1.82) is 0 Å². The van der Waals surface area contributed by atoms with Crippen LogP contribution in [0.3, 0.4) is 0 Å². The molecule has 0 aliphatic rings. The third-order valence-electron chi connectivity index (χ3n) is 3.82. The molecule has 8 heteroatoms. The third-order valence-corrected chi connectivity index (χ3v) is 3.82. The fourth-order valence-electron chi connectivity index (χ4n) is 2.23. The normalized spacial score (nSPS) is 12.0. The van der Waals surface area contributed by atoms with E-state index in [1.165, 1.54) is 0 Å². The van der Waals surface area contributed by atoms with E-state index in [1.54, 1.807) is 6.92 Å². The lowest BCUT2D eigenvalue weighted by Gasteiger charge is -2.12. The molecule has 0 aromatic carbocycles. The van der Waals surface area contributed by atoms with Crippen molar-refractivity contribution in [2.45, 2.75) is 52.9 Å². The van der Waals surface area contributed by atoms with Crippen LogP contribution in [-0.4, -0.2) is 78.0 Å². The van der Waals surface area contributed by atoms with Crippen LogP contribution < -0.4 is 0 Å². The van der Waals surface area contributed by atoms with Crippen molar-refractivity contribution < 1.29 is 38.0 Å². The number of hydrogen-bond acceptors (Lipinski definition) is 8. The molecule has 0 bridgehead atoms. The molecule has 0 saturated carbocycles. The zero-order valence-corrected chi connectivity index (χ0v) is 18.4. The number of ether oxygens (including phenoxy) is 6. The van der Waals surface area contributed by atoms with E-state index < -0.39 is 0 Å². The van der Waals surface area contributed by atoms with Gasteiger partial charge in [-0.25, -0.2) is 0 Å². The van der Waals surface area contributed by atoms with E-state index >= 15 is 0 Å². The second-order valence-electron chi connectivity index (χ2n) is 6.63. The van der Waals surface area contributed by atoms with Crippen molar-refractivity contribution in [1.82, 2.24) is 0 Å². The maximum Gasteiger partial charge on any atom is 0.308 e. The van der Waals surface area contributed by atoms with Crippen molar-refractivity contribution in [3.63, 3.8) is 0 Å². The molecule has 0 rings (SSSR count). The van der Waals surface area contributed by atoms with E-state index in [-0.39, 0.29) is 37.5 Å². The maximum absolute atomic E-state index is 11.9. The molecule has 0 amide bonds. The molecule has 0 radical (unpaired) electrons. The van der Waals surface area contributed by atoms with Gasteiger partial charge in [0.05, 0.1) is 45.6 Å². The van der Waals surface area contributed by atoms with Gasteiger partial charge >= 0.3 is 11.9 Å². The van der Waals surface area contributed by atoms with Crippen molar-refractivity contribution in [3.8, 4) is 0 Å². The van der Waals surface area contributed by atoms with Gasteiger partial charge in [0.1, 0.15) is 13.2 Å². The van der Waals surface area contributed by atoms with Gasteiger partial charge < -0.3 is 28.4 Å². The van der Waals surface area contributed by atoms with Crippen LogP contribution in [0.2, 0.25) is 0 Å². The Morgan fingerprint density at radius 2 is 1.10 bits per heavy atom. The van der Waals surface area contributed by atoms with Crippen molar-refractivity contribution in [2.24, 2.45) is 5.92 Å². The molecule has 1 unspecified atom stereocenters. The van der Waals surface area contributed by atoms with Crippen LogP contribution in [-0.2, 0) is 38.0 Å². The molecule has 1 atom stereocenters. The van der Waals surface area contributed by atoms with Gasteiger partial charge in [0.2, 0.25) is 0 Å². The van der Waals surface area contributed by atoms with Gasteiger partial charge in [-0.1, -0.05) is 20.8 Å². The average Bonchev–Trinajstić information content (AvgIpc) is 2.71. The highest BCUT2D eigenvalue weighted by Crippen LogP contribution is 2.10. The molecule has 29 heavy (non-hydrogen) atoms. The van der Waals surface area contributed by atoms with Crippen molar-refractivity contribution >= 4 is 11.9 Å². The molecule has 0 heterocycles. The van der Waals surface area contributed by atoms with Gasteiger partial charge in [-0.05, 0) is 25.7 Å². The minimum Gasteiger partial charge on any atom is -0.463 e. The van der Waals surface area contributed by atoms with Crippen LogP contribution in [0.1, 0.15) is 52.9 Å². The molecule has 0 spiro atoms. The molecular formula is C21H40O8. The summed E-state index contributed by atoms with van der Waals surface area (Å²) in [5.74, 6) is -0.819. The molecule has 0 aliphatic heterocycles. The van der Waals surface area contributed by atoms with E-state index in [4.69, 9.17) is 28.4 Å². The van der Waals surface area contributed by atoms with Crippen LogP contribution in [0.15, 0.2) is 0 Å². The second kappa shape index (κ2) is 21.5. The summed E-state index contributed by atoms with van der Waals surface area (Å²) in [6.45, 7) is 10.6. The first-order valence-electron chi connectivity index (χ1n) is 10.7. The van der Waals surface area contributed by atoms with Crippen LogP contribution in [0.5, 0.6) is 0 Å². The highest BCUT2D eigenvalue weighted by atomic mass is 16.6. The maximum atomic E-state index is 11.9. The average molecular weight is 421 g/mol. The molecule has 0 N–H and O–H groups in total. The molecule has 0 aromatic rings. The summed E-state index contributed by atoms with van der Waals surface area (Å²) < 4.78 is 31.4. The Kier molecular flexibility index (Phi) is 20.6. The first-order chi connectivity index (χ1) is 14.1. The molecule has 0 saturated heterocycles. The fraction of sp³-hybridized carbons (Fsp3) is 0.905. The molecule has 0 aromatic heterocycles. The van der Waals surface area contributed by atoms with E-state index in [0.29, 0.717) is 52.5 Å². The topological polar surface area (TPSA) is 89.5 Å². The lowest BCUT2D eigenvalue weighted by molar-refractivity contribution is -0.151. The molecule has 172 valence electrons. The third kappa shape index (κ3) is 19.9. The summed E-state index contributed by atoms with van der Waals surface area (Å²) in [5, 5.41) is 0. The number of esters is 2. The summed E-state index contributed by atoms with van der Waals surface area (Å²) in [5.41, 5.74) is 0. The van der Waals surface area contributed by atoms with Gasteiger partial charge in [-0.2, -0.15) is 0 Å². The Morgan fingerprint density at radius 3 is 1.62 bits per heavy atom. The monoisotopic (exact) mass is 420 g/mol. The van der Waals surface area contributed by atoms with Gasteiger partial charge in [0.25, 0.3) is 0 Å². The molecule has 8 nitrogen and oxygen atoms in total. The number of carbonyl (C=O) groups is 2. The number of rotatable bonds is 21. The summed E-state index contributed by atoms with van der Waals surface area (Å²) in [4.78, 5) is 23.5. The lowest BCUT2D eigenvalue weighted by atomic mass is 10.0. The highest BCUT2D eigenvalue weighted by molar-refractivity contribution is 5.72. The second-order valence-corrected chi connectivity index (χ2v) is 6.63. The lowest BCUT2D eigenvalue weighted by Crippen LogP contribution is -2.19. The van der Waals surface area contributed by atoms with Gasteiger partial charge in [0, 0.05) is 19.6 Å². The zero-order chi connectivity index (χ0) is 21.6. The van der Waals surface area contributed by atoms with Crippen LogP contribution in [0, 0.1) is 5.92 Å². The summed E-state index contributed by atoms with van der Waals surface area (Å²) in [7, 11) is 0. The first-order valence-corrected chi connectivity index (χ1v) is 10.7. The van der Waals surface area contributed by atoms with Crippen LogP contribution in [0.4, 0.5) is 0 Å². The quantitative estimate of drug-likeness (QED) is 0.207. The Bertz CT molecular complexity index is 389. The Balaban J connectivity index is 3.48. The first kappa shape index (κ1) is 27.8. The van der Waals surface area contributed by atoms with E-state index in [9.17, 15) is 9.59 Å². The predicted molar refractivity (Wildman–Crippen MR) is 109 cm³/mol. The number of hydrogen-bond donors (Lipinski definition) is 0. The van der Waals surface area contributed by atoms with Crippen LogP contribution >= 0.6 is 0 Å². The van der Waals surface area contributed by atoms with E-state index in [1.807, 2.05) is 13.8 Å². The fourth-order valence-corrected chi connectivity index (χ4v) is 2.23.